The highest BCUT2D eigenvalue weighted by Gasteiger charge is 2.09. The standard InChI is InChI=1S/C20H17FN4O2/c1-13(26)14-6-4-7-17(9-14)25-20-23-11-16(12-24-20)19(27)22-10-15-5-2-3-8-18(15)21/h2-9,11-12H,10H2,1H3,(H,22,27)(H,23,24,25). The Labute approximate surface area is 155 Å². The minimum Gasteiger partial charge on any atom is -0.348 e. The third-order valence-electron chi connectivity index (χ3n) is 3.84. The van der Waals surface area contributed by atoms with Gasteiger partial charge in [0.2, 0.25) is 5.95 Å². The van der Waals surface area contributed by atoms with Crippen molar-refractivity contribution in [2.75, 3.05) is 5.32 Å². The number of benzene rings is 2. The highest BCUT2D eigenvalue weighted by molar-refractivity contribution is 5.95. The largest absolute Gasteiger partial charge is 0.348 e. The van der Waals surface area contributed by atoms with Crippen LogP contribution in [0.3, 0.4) is 0 Å². The van der Waals surface area contributed by atoms with E-state index in [1.165, 1.54) is 25.4 Å². The Kier molecular flexibility index (Phi) is 5.51. The third kappa shape index (κ3) is 4.72. The Morgan fingerprint density at radius 3 is 2.44 bits per heavy atom. The van der Waals surface area contributed by atoms with E-state index >= 15 is 0 Å². The molecule has 3 aromatic rings. The predicted octanol–water partition coefficient (Wildman–Crippen LogP) is 3.49. The van der Waals surface area contributed by atoms with Gasteiger partial charge < -0.3 is 10.6 Å². The second-order valence-corrected chi connectivity index (χ2v) is 5.83. The lowest BCUT2D eigenvalue weighted by molar-refractivity contribution is 0.0949. The molecule has 1 heterocycles. The first-order valence-electron chi connectivity index (χ1n) is 8.24. The fourth-order valence-corrected chi connectivity index (χ4v) is 2.37. The number of carbonyl (C=O) groups is 2. The number of rotatable bonds is 6. The second kappa shape index (κ2) is 8.18. The molecule has 0 saturated carbocycles. The molecule has 136 valence electrons. The number of aromatic nitrogens is 2. The molecule has 0 aliphatic carbocycles. The van der Waals surface area contributed by atoms with Crippen LogP contribution in [0.2, 0.25) is 0 Å². The minimum absolute atomic E-state index is 0.0403. The quantitative estimate of drug-likeness (QED) is 0.654. The normalized spacial score (nSPS) is 10.3. The van der Waals surface area contributed by atoms with Crippen molar-refractivity contribution < 1.29 is 14.0 Å². The van der Waals surface area contributed by atoms with E-state index in [4.69, 9.17) is 0 Å². The summed E-state index contributed by atoms with van der Waals surface area (Å²) in [7, 11) is 0. The summed E-state index contributed by atoms with van der Waals surface area (Å²) in [6.45, 7) is 1.56. The van der Waals surface area contributed by atoms with Gasteiger partial charge in [0, 0.05) is 35.8 Å². The monoisotopic (exact) mass is 364 g/mol. The van der Waals surface area contributed by atoms with E-state index in [0.29, 0.717) is 22.8 Å². The lowest BCUT2D eigenvalue weighted by Crippen LogP contribution is -2.23. The number of anilines is 2. The zero-order valence-corrected chi connectivity index (χ0v) is 14.6. The van der Waals surface area contributed by atoms with Crippen LogP contribution in [0.5, 0.6) is 0 Å². The number of hydrogen-bond donors (Lipinski definition) is 2. The minimum atomic E-state index is -0.400. The summed E-state index contributed by atoms with van der Waals surface area (Å²) in [6, 6.07) is 13.2. The highest BCUT2D eigenvalue weighted by Crippen LogP contribution is 2.15. The molecule has 1 aromatic heterocycles. The van der Waals surface area contributed by atoms with Crippen LogP contribution in [0.15, 0.2) is 60.9 Å². The Balaban J connectivity index is 1.63. The summed E-state index contributed by atoms with van der Waals surface area (Å²) < 4.78 is 13.6. The van der Waals surface area contributed by atoms with Gasteiger partial charge in [-0.05, 0) is 25.1 Å². The smallest absolute Gasteiger partial charge is 0.254 e. The van der Waals surface area contributed by atoms with Gasteiger partial charge in [0.1, 0.15) is 5.82 Å². The molecule has 0 radical (unpaired) electrons. The van der Waals surface area contributed by atoms with Crippen LogP contribution < -0.4 is 10.6 Å². The number of hydrogen-bond acceptors (Lipinski definition) is 5. The van der Waals surface area contributed by atoms with Crippen LogP contribution in [0, 0.1) is 5.82 Å². The molecule has 0 bridgehead atoms. The highest BCUT2D eigenvalue weighted by atomic mass is 19.1. The summed E-state index contributed by atoms with van der Waals surface area (Å²) in [5.74, 6) is -0.521. The summed E-state index contributed by atoms with van der Waals surface area (Å²) in [6.07, 6.45) is 2.75. The van der Waals surface area contributed by atoms with Gasteiger partial charge in [0.05, 0.1) is 5.56 Å². The molecule has 0 saturated heterocycles. The SMILES string of the molecule is CC(=O)c1cccc(Nc2ncc(C(=O)NCc3ccccc3F)cn2)c1. The van der Waals surface area contributed by atoms with Gasteiger partial charge in [0.25, 0.3) is 5.91 Å². The maximum atomic E-state index is 13.6. The average molecular weight is 364 g/mol. The molecule has 0 aliphatic rings. The van der Waals surface area contributed by atoms with Crippen LogP contribution in [0.4, 0.5) is 16.0 Å². The molecule has 0 aliphatic heterocycles. The number of nitrogens with one attached hydrogen (secondary N) is 2. The topological polar surface area (TPSA) is 84.0 Å². The van der Waals surface area contributed by atoms with Gasteiger partial charge in [-0.1, -0.05) is 30.3 Å². The molecule has 0 fully saturated rings. The van der Waals surface area contributed by atoms with Gasteiger partial charge >= 0.3 is 0 Å². The van der Waals surface area contributed by atoms with Crippen LogP contribution in [0.1, 0.15) is 33.2 Å². The summed E-state index contributed by atoms with van der Waals surface area (Å²) in [5, 5.41) is 5.60. The molecule has 27 heavy (non-hydrogen) atoms. The molecule has 2 N–H and O–H groups in total. The van der Waals surface area contributed by atoms with E-state index in [1.807, 2.05) is 0 Å². The average Bonchev–Trinajstić information content (AvgIpc) is 2.68. The molecule has 1 amide bonds. The molecular formula is C20H17FN4O2. The summed E-state index contributed by atoms with van der Waals surface area (Å²) >= 11 is 0. The van der Waals surface area contributed by atoms with E-state index in [2.05, 4.69) is 20.6 Å². The summed E-state index contributed by atoms with van der Waals surface area (Å²) in [4.78, 5) is 31.8. The molecule has 0 spiro atoms. The van der Waals surface area contributed by atoms with Crippen molar-refractivity contribution in [2.45, 2.75) is 13.5 Å². The van der Waals surface area contributed by atoms with E-state index in [-0.39, 0.29) is 23.7 Å². The first-order valence-corrected chi connectivity index (χ1v) is 8.24. The van der Waals surface area contributed by atoms with E-state index in [9.17, 15) is 14.0 Å². The third-order valence-corrected chi connectivity index (χ3v) is 3.84. The zero-order chi connectivity index (χ0) is 19.2. The van der Waals surface area contributed by atoms with E-state index in [1.54, 1.807) is 42.5 Å². The molecule has 0 atom stereocenters. The zero-order valence-electron chi connectivity index (χ0n) is 14.6. The lowest BCUT2D eigenvalue weighted by atomic mass is 10.1. The van der Waals surface area contributed by atoms with Crippen molar-refractivity contribution in [3.05, 3.63) is 83.4 Å². The van der Waals surface area contributed by atoms with Crippen LogP contribution >= 0.6 is 0 Å². The van der Waals surface area contributed by atoms with Crippen molar-refractivity contribution in [1.82, 2.24) is 15.3 Å². The molecule has 6 nitrogen and oxygen atoms in total. The first kappa shape index (κ1) is 18.2. The van der Waals surface area contributed by atoms with E-state index < -0.39 is 5.91 Å². The van der Waals surface area contributed by atoms with E-state index in [0.717, 1.165) is 0 Å². The summed E-state index contributed by atoms with van der Waals surface area (Å²) in [5.41, 5.74) is 1.90. The maximum absolute atomic E-state index is 13.6. The van der Waals surface area contributed by atoms with Gasteiger partial charge in [-0.25, -0.2) is 14.4 Å². The Bertz CT molecular complexity index is 974. The number of ketones is 1. The number of amides is 1. The van der Waals surface area contributed by atoms with Crippen molar-refractivity contribution in [1.29, 1.82) is 0 Å². The van der Waals surface area contributed by atoms with Crippen molar-refractivity contribution in [3.63, 3.8) is 0 Å². The number of Topliss-reactive ketones (excluding diaryl/α,β-unsaturated/α-hetero) is 1. The Morgan fingerprint density at radius 2 is 1.74 bits per heavy atom. The fraction of sp³-hybridized carbons (Fsp3) is 0.100. The maximum Gasteiger partial charge on any atom is 0.254 e. The Morgan fingerprint density at radius 1 is 1.00 bits per heavy atom. The van der Waals surface area contributed by atoms with Crippen LogP contribution in [0.25, 0.3) is 0 Å². The predicted molar refractivity (Wildman–Crippen MR) is 99.3 cm³/mol. The lowest BCUT2D eigenvalue weighted by Gasteiger charge is -2.08. The molecule has 3 rings (SSSR count). The molecule has 0 unspecified atom stereocenters. The van der Waals surface area contributed by atoms with Gasteiger partial charge in [-0.2, -0.15) is 0 Å². The van der Waals surface area contributed by atoms with Gasteiger partial charge in [-0.3, -0.25) is 9.59 Å². The molecular weight excluding hydrogens is 347 g/mol. The number of halogens is 1. The first-order chi connectivity index (χ1) is 13.0. The number of carbonyl (C=O) groups excluding carboxylic acids is 2. The van der Waals surface area contributed by atoms with Gasteiger partial charge in [0.15, 0.2) is 5.78 Å². The fourth-order valence-electron chi connectivity index (χ4n) is 2.37. The molecule has 2 aromatic carbocycles. The number of nitrogens with zero attached hydrogens (tertiary/aromatic N) is 2. The van der Waals surface area contributed by atoms with Crippen LogP contribution in [-0.4, -0.2) is 21.7 Å². The molecule has 7 heteroatoms. The van der Waals surface area contributed by atoms with Crippen molar-refractivity contribution >= 4 is 23.3 Å². The van der Waals surface area contributed by atoms with Crippen molar-refractivity contribution in [2.24, 2.45) is 0 Å². The van der Waals surface area contributed by atoms with Crippen molar-refractivity contribution in [3.8, 4) is 0 Å². The van der Waals surface area contributed by atoms with Crippen LogP contribution in [-0.2, 0) is 6.54 Å². The Hall–Kier alpha value is -3.61. The van der Waals surface area contributed by atoms with Gasteiger partial charge in [-0.15, -0.1) is 0 Å². The second-order valence-electron chi connectivity index (χ2n) is 5.83.